The minimum atomic E-state index is 0.203. The Balaban J connectivity index is 2.21. The molecule has 1 rings (SSSR count). The Labute approximate surface area is 78.3 Å². The summed E-state index contributed by atoms with van der Waals surface area (Å²) in [5.74, 6) is 0. The van der Waals surface area contributed by atoms with Crippen LogP contribution in [0.4, 0.5) is 0 Å². The number of benzene rings is 1. The standard InChI is InChI=1S/C9H9NOSe/c10-6-7-11-8-12-9-4-2-1-3-5-9/h1-5H,7-8H2. The monoisotopic (exact) mass is 227 g/mol. The van der Waals surface area contributed by atoms with Crippen molar-refractivity contribution >= 4 is 19.4 Å². The summed E-state index contributed by atoms with van der Waals surface area (Å²) >= 11 is 0.345. The molecule has 0 aliphatic rings. The third-order valence-electron chi connectivity index (χ3n) is 1.22. The van der Waals surface area contributed by atoms with Crippen LogP contribution in [-0.2, 0) is 4.74 Å². The molecular weight excluding hydrogens is 217 g/mol. The van der Waals surface area contributed by atoms with Crippen molar-refractivity contribution in [2.45, 2.75) is 0 Å². The van der Waals surface area contributed by atoms with E-state index in [9.17, 15) is 0 Å². The third kappa shape index (κ3) is 3.54. The normalized spacial score (nSPS) is 9.25. The first-order valence-corrected chi connectivity index (χ1v) is 5.63. The van der Waals surface area contributed by atoms with Gasteiger partial charge in [0.2, 0.25) is 0 Å². The average molecular weight is 226 g/mol. The SMILES string of the molecule is N#CCOC[Se]c1ccccc1. The van der Waals surface area contributed by atoms with E-state index < -0.39 is 0 Å². The number of hydrogen-bond donors (Lipinski definition) is 0. The third-order valence-corrected chi connectivity index (χ3v) is 3.09. The van der Waals surface area contributed by atoms with Crippen molar-refractivity contribution in [1.82, 2.24) is 0 Å². The molecule has 0 fully saturated rings. The summed E-state index contributed by atoms with van der Waals surface area (Å²) in [6.07, 6.45) is 0. The number of nitrogens with zero attached hydrogens (tertiary/aromatic N) is 1. The zero-order valence-electron chi connectivity index (χ0n) is 6.56. The maximum atomic E-state index is 8.20. The van der Waals surface area contributed by atoms with Crippen molar-refractivity contribution in [2.24, 2.45) is 0 Å². The molecule has 62 valence electrons. The van der Waals surface area contributed by atoms with Crippen molar-refractivity contribution in [1.29, 1.82) is 5.26 Å². The van der Waals surface area contributed by atoms with Gasteiger partial charge in [0.15, 0.2) is 0 Å². The van der Waals surface area contributed by atoms with Crippen LogP contribution < -0.4 is 4.46 Å². The summed E-state index contributed by atoms with van der Waals surface area (Å²) in [5.41, 5.74) is 0.685. The fourth-order valence-corrected chi connectivity index (χ4v) is 2.08. The van der Waals surface area contributed by atoms with Crippen molar-refractivity contribution in [3.05, 3.63) is 30.3 Å². The van der Waals surface area contributed by atoms with Gasteiger partial charge in [-0.05, 0) is 0 Å². The van der Waals surface area contributed by atoms with Gasteiger partial charge in [-0.2, -0.15) is 0 Å². The molecule has 0 aromatic heterocycles. The molecule has 0 unspecified atom stereocenters. The second-order valence-electron chi connectivity index (χ2n) is 2.08. The molecule has 0 heterocycles. The molecule has 0 atom stereocenters. The van der Waals surface area contributed by atoms with E-state index in [4.69, 9.17) is 10.00 Å². The zero-order chi connectivity index (χ0) is 8.65. The van der Waals surface area contributed by atoms with Crippen LogP contribution in [0, 0.1) is 11.3 Å². The van der Waals surface area contributed by atoms with Crippen LogP contribution >= 0.6 is 0 Å². The predicted molar refractivity (Wildman–Crippen MR) is 48.3 cm³/mol. The zero-order valence-corrected chi connectivity index (χ0v) is 8.28. The Morgan fingerprint density at radius 2 is 2.08 bits per heavy atom. The number of ether oxygens (including phenoxy) is 1. The molecule has 1 aromatic carbocycles. The molecule has 0 radical (unpaired) electrons. The molecule has 0 bridgehead atoms. The molecule has 0 aliphatic carbocycles. The van der Waals surface area contributed by atoms with Crippen LogP contribution in [0.25, 0.3) is 0 Å². The van der Waals surface area contributed by atoms with E-state index >= 15 is 0 Å². The molecule has 12 heavy (non-hydrogen) atoms. The molecule has 0 aliphatic heterocycles. The van der Waals surface area contributed by atoms with Crippen LogP contribution in [0.15, 0.2) is 30.3 Å². The minimum absolute atomic E-state index is 0.203. The van der Waals surface area contributed by atoms with Crippen molar-refractivity contribution in [2.75, 3.05) is 12.1 Å². The number of rotatable bonds is 4. The van der Waals surface area contributed by atoms with Crippen LogP contribution in [0.3, 0.4) is 0 Å². The molecule has 3 heteroatoms. The van der Waals surface area contributed by atoms with Crippen LogP contribution in [0.5, 0.6) is 0 Å². The molecule has 1 aromatic rings. The van der Waals surface area contributed by atoms with Crippen LogP contribution in [-0.4, -0.2) is 27.1 Å². The molecule has 0 N–H and O–H groups in total. The van der Waals surface area contributed by atoms with Crippen molar-refractivity contribution < 1.29 is 4.74 Å². The summed E-state index contributed by atoms with van der Waals surface area (Å²) in [5, 5.41) is 8.20. The second-order valence-corrected chi connectivity index (χ2v) is 4.17. The quantitative estimate of drug-likeness (QED) is 0.553. The van der Waals surface area contributed by atoms with Gasteiger partial charge in [0, 0.05) is 0 Å². The van der Waals surface area contributed by atoms with Gasteiger partial charge in [-0.15, -0.1) is 0 Å². The van der Waals surface area contributed by atoms with E-state index in [-0.39, 0.29) is 6.61 Å². The first-order valence-electron chi connectivity index (χ1n) is 3.56. The summed E-state index contributed by atoms with van der Waals surface area (Å²) in [7, 11) is 0. The van der Waals surface area contributed by atoms with E-state index in [1.807, 2.05) is 24.3 Å². The van der Waals surface area contributed by atoms with Crippen molar-refractivity contribution in [3.8, 4) is 6.07 Å². The average Bonchev–Trinajstić information content (AvgIpc) is 2.14. The van der Waals surface area contributed by atoms with E-state index in [2.05, 4.69) is 12.1 Å². The predicted octanol–water partition coefficient (Wildman–Crippen LogP) is 0.514. The van der Waals surface area contributed by atoms with Gasteiger partial charge in [0.1, 0.15) is 0 Å². The van der Waals surface area contributed by atoms with Crippen LogP contribution in [0.1, 0.15) is 0 Å². The Morgan fingerprint density at radius 1 is 1.33 bits per heavy atom. The Bertz CT molecular complexity index is 255. The maximum absolute atomic E-state index is 8.20. The topological polar surface area (TPSA) is 33.0 Å². The summed E-state index contributed by atoms with van der Waals surface area (Å²) in [6.45, 7) is 0.203. The number of hydrogen-bond acceptors (Lipinski definition) is 2. The van der Waals surface area contributed by atoms with Gasteiger partial charge < -0.3 is 0 Å². The molecule has 2 nitrogen and oxygen atoms in total. The first kappa shape index (κ1) is 9.28. The molecule has 0 amide bonds. The Hall–Kier alpha value is -0.811. The van der Waals surface area contributed by atoms with Gasteiger partial charge in [0.25, 0.3) is 0 Å². The molecule has 0 spiro atoms. The van der Waals surface area contributed by atoms with E-state index in [0.717, 1.165) is 0 Å². The summed E-state index contributed by atoms with van der Waals surface area (Å²) < 4.78 is 6.36. The fraction of sp³-hybridized carbons (Fsp3) is 0.222. The van der Waals surface area contributed by atoms with E-state index in [1.54, 1.807) is 0 Å². The Kier molecular flexibility index (Phi) is 4.48. The first-order chi connectivity index (χ1) is 5.93. The van der Waals surface area contributed by atoms with Gasteiger partial charge in [0.05, 0.1) is 0 Å². The fourth-order valence-electron chi connectivity index (χ4n) is 0.714. The van der Waals surface area contributed by atoms with E-state index in [1.165, 1.54) is 4.46 Å². The second kappa shape index (κ2) is 5.79. The Morgan fingerprint density at radius 3 is 2.75 bits per heavy atom. The number of nitriles is 1. The summed E-state index contributed by atoms with van der Waals surface area (Å²) in [4.78, 5) is 0. The summed E-state index contributed by atoms with van der Waals surface area (Å²) in [6, 6.07) is 12.1. The van der Waals surface area contributed by atoms with Gasteiger partial charge in [-0.25, -0.2) is 0 Å². The molecule has 0 saturated heterocycles. The molecular formula is C9H9NOSe. The van der Waals surface area contributed by atoms with Gasteiger partial charge in [-0.1, -0.05) is 0 Å². The van der Waals surface area contributed by atoms with Crippen LogP contribution in [0.2, 0.25) is 0 Å². The van der Waals surface area contributed by atoms with Crippen molar-refractivity contribution in [3.63, 3.8) is 0 Å². The van der Waals surface area contributed by atoms with Gasteiger partial charge >= 0.3 is 77.9 Å². The van der Waals surface area contributed by atoms with E-state index in [0.29, 0.717) is 20.5 Å². The van der Waals surface area contributed by atoms with Gasteiger partial charge in [-0.3, -0.25) is 0 Å². The molecule has 0 saturated carbocycles.